The van der Waals surface area contributed by atoms with Crippen molar-refractivity contribution in [2.75, 3.05) is 36.8 Å². The molecule has 5 aromatic rings. The molecule has 27 nitrogen and oxygen atoms in total. The molecule has 4 aliphatic heterocycles. The summed E-state index contributed by atoms with van der Waals surface area (Å²) in [6.07, 6.45) is 1.63. The van der Waals surface area contributed by atoms with Crippen molar-refractivity contribution in [1.82, 2.24) is 31.1 Å². The number of rotatable bonds is 28. The fourth-order valence-electron chi connectivity index (χ4n) is 12.5. The minimum atomic E-state index is -1.60. The quantitative estimate of drug-likeness (QED) is 0.00919. The number of amides is 8. The average molecular weight is 1330 g/mol. The Morgan fingerprint density at radius 3 is 1.41 bits per heavy atom. The number of ether oxygens (including phenoxy) is 4. The van der Waals surface area contributed by atoms with Gasteiger partial charge in [0.05, 0.1) is 5.56 Å². The third kappa shape index (κ3) is 17.2. The van der Waals surface area contributed by atoms with Crippen LogP contribution in [0.15, 0.2) is 131 Å². The highest BCUT2D eigenvalue weighted by molar-refractivity contribution is 6.02. The Hall–Kier alpha value is -10.7. The van der Waals surface area contributed by atoms with E-state index in [-0.39, 0.29) is 125 Å². The molecule has 4 heterocycles. The molecule has 0 saturated carbocycles. The lowest BCUT2D eigenvalue weighted by Crippen LogP contribution is -2.57. The van der Waals surface area contributed by atoms with Crippen molar-refractivity contribution in [2.24, 2.45) is 44.8 Å². The summed E-state index contributed by atoms with van der Waals surface area (Å²) in [5.74, 6) is -4.71. The van der Waals surface area contributed by atoms with E-state index in [9.17, 15) is 43.2 Å². The monoisotopic (exact) mass is 1330 g/mol. The Morgan fingerprint density at radius 2 is 0.990 bits per heavy atom. The van der Waals surface area contributed by atoms with E-state index in [1.54, 1.807) is 60.7 Å². The molecule has 9 rings (SSSR count). The first-order valence-corrected chi connectivity index (χ1v) is 32.9. The van der Waals surface area contributed by atoms with Gasteiger partial charge >= 0.3 is 18.2 Å². The van der Waals surface area contributed by atoms with Gasteiger partial charge < -0.3 is 83.6 Å². The fraction of sp³-hybridized carbons (Fsp3) is 0.414. The lowest BCUT2D eigenvalue weighted by atomic mass is 9.77. The lowest BCUT2D eigenvalue weighted by Gasteiger charge is -2.37. The number of likely N-dealkylation sites (tertiary alicyclic amines) is 2. The number of hydrogen-bond donors (Lipinski definition) is 10. The summed E-state index contributed by atoms with van der Waals surface area (Å²) in [5.41, 5.74) is 24.5. The van der Waals surface area contributed by atoms with E-state index < -0.39 is 95.5 Å². The summed E-state index contributed by atoms with van der Waals surface area (Å²) in [6.45, 7) is 8.09. The molecule has 8 atom stereocenters. The standard InChI is InChI=1S/C70H86N14O13/c1-5-41(3)57(81-68(92)94-39-43-19-9-7-10-20-43)63(89)83-35-17-27-53(83)61(87)79-51(25-15-33-75-66(71)72)59(85)77-45-29-31-49-55(37-45)96-56-38-46(30-32-50(56)70(49)48-24-14-13-23-47(48)65(91)97-70)78-60(86)52(26-16-34-76-67(73)74)80-62(88)54-28-18-36-84(54)64(90)58(42(4)6-2)82-69(93)95-40-44-21-11-8-12-22-44/h7-14,19-24,29-32,37-38,41-42,51-54,57-58H,5-6,15-18,25-28,33-36,39-40H2,1-4H3,(H,77,85)(H,78,86)(H,79,87)(H,80,88)(H,81,92)(H,82,93)(H4,71,72,75)(H4,73,74,76)/t41-,42-,51-,52-,53-,54-,57-,58-/m0/s1. The SMILES string of the molecule is CC[C@H](C)[C@H](NC(=O)OCc1ccccc1)C(=O)N1CCC[C@H]1C(=O)N[C@@H](CCCN=C(N)N)C(=O)Nc1ccc2c(c1)Oc1cc(NC(=O)[C@H](CCCN=C(N)N)NC(=O)[C@@H]3CCCN3C(=O)[C@@H](NC(=O)OCc3ccccc3)[C@@H](C)CC)ccc1C21OC(=O)c2ccccc21. The third-order valence-electron chi connectivity index (χ3n) is 18.0. The van der Waals surface area contributed by atoms with Crippen molar-refractivity contribution < 1.29 is 62.1 Å². The second-order valence-electron chi connectivity index (χ2n) is 24.7. The number of fused-ring (bicyclic) bond motifs is 6. The maximum Gasteiger partial charge on any atom is 0.408 e. The van der Waals surface area contributed by atoms with E-state index in [0.717, 1.165) is 11.1 Å². The van der Waals surface area contributed by atoms with Crippen molar-refractivity contribution in [3.63, 3.8) is 0 Å². The Kier molecular flexibility index (Phi) is 23.7. The van der Waals surface area contributed by atoms with Crippen LogP contribution < -0.4 is 59.6 Å². The van der Waals surface area contributed by atoms with Gasteiger partial charge in [-0.25, -0.2) is 14.4 Å². The molecule has 8 amide bonds. The summed E-state index contributed by atoms with van der Waals surface area (Å²) in [5, 5.41) is 17.1. The van der Waals surface area contributed by atoms with Crippen molar-refractivity contribution in [2.45, 2.75) is 147 Å². The number of nitrogens with zero attached hydrogens (tertiary/aromatic N) is 4. The predicted molar refractivity (Wildman–Crippen MR) is 361 cm³/mol. The zero-order valence-corrected chi connectivity index (χ0v) is 54.9. The van der Waals surface area contributed by atoms with Gasteiger partial charge in [0.25, 0.3) is 0 Å². The predicted octanol–water partition coefficient (Wildman–Crippen LogP) is 5.87. The summed E-state index contributed by atoms with van der Waals surface area (Å²) in [6, 6.07) is 28.3. The van der Waals surface area contributed by atoms with E-state index in [1.807, 2.05) is 88.4 Å². The maximum atomic E-state index is 14.6. The molecule has 2 saturated heterocycles. The van der Waals surface area contributed by atoms with Gasteiger partial charge in [-0.1, -0.05) is 119 Å². The first-order chi connectivity index (χ1) is 46.7. The van der Waals surface area contributed by atoms with Gasteiger partial charge in [0, 0.05) is 66.4 Å². The minimum absolute atomic E-state index is 0.0144. The van der Waals surface area contributed by atoms with Gasteiger partial charge in [0.1, 0.15) is 61.0 Å². The molecule has 0 bridgehead atoms. The topological polar surface area (TPSA) is 398 Å². The molecule has 0 aromatic heterocycles. The zero-order chi connectivity index (χ0) is 69.3. The first-order valence-electron chi connectivity index (χ1n) is 32.9. The Balaban J connectivity index is 0.934. The maximum absolute atomic E-state index is 14.6. The highest BCUT2D eigenvalue weighted by Crippen LogP contribution is 2.57. The number of anilines is 2. The number of guanidine groups is 2. The highest BCUT2D eigenvalue weighted by atomic mass is 16.6. The van der Waals surface area contributed by atoms with Crippen LogP contribution in [0.3, 0.4) is 0 Å². The summed E-state index contributed by atoms with van der Waals surface area (Å²) in [7, 11) is 0. The van der Waals surface area contributed by atoms with Gasteiger partial charge in [-0.3, -0.25) is 38.8 Å². The first kappa shape index (κ1) is 70.6. The third-order valence-corrected chi connectivity index (χ3v) is 18.0. The number of alkyl carbamates (subject to hydrolysis) is 2. The van der Waals surface area contributed by atoms with Gasteiger partial charge in [-0.05, 0) is 105 Å². The molecule has 0 aliphatic carbocycles. The second kappa shape index (κ2) is 32.6. The number of carbonyl (C=O) groups is 9. The van der Waals surface area contributed by atoms with Crippen LogP contribution in [-0.4, -0.2) is 138 Å². The van der Waals surface area contributed by atoms with Crippen molar-refractivity contribution in [3.05, 3.63) is 155 Å². The molecule has 27 heteroatoms. The van der Waals surface area contributed by atoms with Crippen molar-refractivity contribution in [3.8, 4) is 11.5 Å². The number of nitrogens with one attached hydrogen (secondary N) is 6. The number of hydrogen-bond acceptors (Lipinski definition) is 15. The van der Waals surface area contributed by atoms with E-state index in [2.05, 4.69) is 41.9 Å². The largest absolute Gasteiger partial charge is 0.456 e. The van der Waals surface area contributed by atoms with Crippen LogP contribution in [0, 0.1) is 11.8 Å². The number of nitrogens with two attached hydrogens (primary N) is 4. The minimum Gasteiger partial charge on any atom is -0.456 e. The molecule has 97 heavy (non-hydrogen) atoms. The number of esters is 1. The van der Waals surface area contributed by atoms with Crippen LogP contribution in [0.4, 0.5) is 21.0 Å². The molecule has 14 N–H and O–H groups in total. The van der Waals surface area contributed by atoms with Crippen LogP contribution in [0.5, 0.6) is 11.5 Å². The normalized spacial score (nSPS) is 17.3. The number of benzene rings is 5. The van der Waals surface area contributed by atoms with Gasteiger partial charge in [-0.2, -0.15) is 0 Å². The molecule has 2 fully saturated rings. The molecule has 0 unspecified atom stereocenters. The lowest BCUT2D eigenvalue weighted by molar-refractivity contribution is -0.141. The van der Waals surface area contributed by atoms with Crippen molar-refractivity contribution in [1.29, 1.82) is 0 Å². The summed E-state index contributed by atoms with van der Waals surface area (Å²) in [4.78, 5) is 138. The van der Waals surface area contributed by atoms with E-state index in [4.69, 9.17) is 41.9 Å². The molecule has 1 spiro atoms. The van der Waals surface area contributed by atoms with Crippen LogP contribution in [0.1, 0.15) is 130 Å². The number of aliphatic imine (C=N–C) groups is 2. The van der Waals surface area contributed by atoms with E-state index >= 15 is 0 Å². The molecular weight excluding hydrogens is 1240 g/mol. The molecular formula is C70H86N14O13. The van der Waals surface area contributed by atoms with Gasteiger partial charge in [0.15, 0.2) is 17.5 Å². The average Bonchev–Trinajstić information content (AvgIpc) is 1.62. The van der Waals surface area contributed by atoms with E-state index in [0.29, 0.717) is 47.9 Å². The molecule has 5 aromatic carbocycles. The van der Waals surface area contributed by atoms with Crippen LogP contribution in [0.25, 0.3) is 0 Å². The Bertz CT molecular complexity index is 3540. The Morgan fingerprint density at radius 1 is 0.567 bits per heavy atom. The van der Waals surface area contributed by atoms with Crippen LogP contribution in [-0.2, 0) is 61.8 Å². The highest BCUT2D eigenvalue weighted by Gasteiger charge is 2.54. The molecule has 4 aliphatic rings. The van der Waals surface area contributed by atoms with Crippen LogP contribution in [0.2, 0.25) is 0 Å². The Labute approximate surface area is 562 Å². The van der Waals surface area contributed by atoms with Crippen LogP contribution >= 0.6 is 0 Å². The van der Waals surface area contributed by atoms with Gasteiger partial charge in [-0.15, -0.1) is 0 Å². The van der Waals surface area contributed by atoms with Crippen molar-refractivity contribution >= 4 is 76.9 Å². The molecule has 514 valence electrons. The summed E-state index contributed by atoms with van der Waals surface area (Å²) < 4.78 is 24.0. The zero-order valence-electron chi connectivity index (χ0n) is 54.9. The smallest absolute Gasteiger partial charge is 0.408 e. The molecule has 0 radical (unpaired) electrons. The summed E-state index contributed by atoms with van der Waals surface area (Å²) >= 11 is 0. The fourth-order valence-corrected chi connectivity index (χ4v) is 12.5. The van der Waals surface area contributed by atoms with E-state index in [1.165, 1.54) is 9.80 Å². The second-order valence-corrected chi connectivity index (χ2v) is 24.7. The number of carbonyl (C=O) groups excluding carboxylic acids is 9. The van der Waals surface area contributed by atoms with Gasteiger partial charge in [0.2, 0.25) is 35.4 Å².